The van der Waals surface area contributed by atoms with E-state index in [2.05, 4.69) is 5.32 Å². The molecule has 0 fully saturated rings. The van der Waals surface area contributed by atoms with Crippen molar-refractivity contribution in [3.05, 3.63) is 54.1 Å². The Morgan fingerprint density at radius 3 is 2.58 bits per heavy atom. The van der Waals surface area contributed by atoms with Crippen molar-refractivity contribution in [2.24, 2.45) is 0 Å². The molecular formula is C19H25N2O3+. The van der Waals surface area contributed by atoms with Crippen LogP contribution in [0.25, 0.3) is 0 Å². The van der Waals surface area contributed by atoms with Crippen molar-refractivity contribution in [3.63, 3.8) is 0 Å². The number of aryl methyl sites for hydroxylation is 1. The molecule has 2 aromatic carbocycles. The lowest BCUT2D eigenvalue weighted by Crippen LogP contribution is -3.10. The van der Waals surface area contributed by atoms with Gasteiger partial charge in [0.2, 0.25) is 0 Å². The number of rotatable bonds is 8. The van der Waals surface area contributed by atoms with Crippen LogP contribution in [0.3, 0.4) is 0 Å². The average molecular weight is 329 g/mol. The van der Waals surface area contributed by atoms with Crippen LogP contribution in [-0.4, -0.2) is 39.8 Å². The minimum atomic E-state index is -0.0314. The number of likely N-dealkylation sites (N-methyl/N-ethyl adjacent to an activating group) is 1. The largest absolute Gasteiger partial charge is 0.497 e. The van der Waals surface area contributed by atoms with Crippen molar-refractivity contribution in [1.82, 2.24) is 0 Å². The molecule has 1 unspecified atom stereocenters. The van der Waals surface area contributed by atoms with Gasteiger partial charge in [-0.2, -0.15) is 0 Å². The fourth-order valence-electron chi connectivity index (χ4n) is 2.25. The Balaban J connectivity index is 1.72. The third-order valence-electron chi connectivity index (χ3n) is 3.63. The van der Waals surface area contributed by atoms with Gasteiger partial charge in [0.1, 0.15) is 24.7 Å². The number of quaternary nitrogens is 1. The van der Waals surface area contributed by atoms with Gasteiger partial charge in [0.25, 0.3) is 5.91 Å². The van der Waals surface area contributed by atoms with E-state index < -0.39 is 0 Å². The molecule has 0 aliphatic rings. The van der Waals surface area contributed by atoms with E-state index in [4.69, 9.17) is 9.47 Å². The van der Waals surface area contributed by atoms with Crippen LogP contribution in [0.15, 0.2) is 48.5 Å². The molecule has 128 valence electrons. The van der Waals surface area contributed by atoms with Crippen LogP contribution < -0.4 is 19.7 Å². The summed E-state index contributed by atoms with van der Waals surface area (Å²) in [5.41, 5.74) is 1.95. The fraction of sp³-hybridized carbons (Fsp3) is 0.316. The zero-order valence-electron chi connectivity index (χ0n) is 14.5. The first-order chi connectivity index (χ1) is 11.6. The van der Waals surface area contributed by atoms with Crippen LogP contribution in [0.1, 0.15) is 5.56 Å². The second-order valence-corrected chi connectivity index (χ2v) is 5.83. The van der Waals surface area contributed by atoms with Crippen LogP contribution in [0.4, 0.5) is 5.69 Å². The van der Waals surface area contributed by atoms with Crippen LogP contribution in [0.5, 0.6) is 11.5 Å². The Morgan fingerprint density at radius 2 is 1.88 bits per heavy atom. The molecule has 0 saturated carbocycles. The summed E-state index contributed by atoms with van der Waals surface area (Å²) < 4.78 is 10.8. The molecule has 1 amide bonds. The highest BCUT2D eigenvalue weighted by Crippen LogP contribution is 2.16. The molecule has 0 heterocycles. The van der Waals surface area contributed by atoms with Gasteiger partial charge < -0.3 is 19.7 Å². The number of carbonyl (C=O) groups excluding carboxylic acids is 1. The Morgan fingerprint density at radius 1 is 1.12 bits per heavy atom. The molecule has 0 aliphatic carbocycles. The Bertz CT molecular complexity index is 656. The quantitative estimate of drug-likeness (QED) is 0.772. The van der Waals surface area contributed by atoms with Gasteiger partial charge in [-0.3, -0.25) is 4.79 Å². The highest BCUT2D eigenvalue weighted by molar-refractivity contribution is 5.91. The molecule has 5 heteroatoms. The van der Waals surface area contributed by atoms with E-state index in [0.29, 0.717) is 13.2 Å². The van der Waals surface area contributed by atoms with Gasteiger partial charge in [-0.15, -0.1) is 0 Å². The lowest BCUT2D eigenvalue weighted by molar-refractivity contribution is -0.871. The van der Waals surface area contributed by atoms with Gasteiger partial charge in [0.15, 0.2) is 6.54 Å². The highest BCUT2D eigenvalue weighted by atomic mass is 16.5. The first-order valence-corrected chi connectivity index (χ1v) is 8.01. The summed E-state index contributed by atoms with van der Waals surface area (Å²) in [6.45, 7) is 3.75. The lowest BCUT2D eigenvalue weighted by Gasteiger charge is -2.14. The van der Waals surface area contributed by atoms with Gasteiger partial charge in [-0.25, -0.2) is 0 Å². The summed E-state index contributed by atoms with van der Waals surface area (Å²) in [5.74, 6) is 1.55. The van der Waals surface area contributed by atoms with Crippen LogP contribution in [0, 0.1) is 6.92 Å². The van der Waals surface area contributed by atoms with Crippen molar-refractivity contribution in [3.8, 4) is 11.5 Å². The lowest BCUT2D eigenvalue weighted by atomic mass is 10.2. The summed E-state index contributed by atoms with van der Waals surface area (Å²) >= 11 is 0. The number of benzene rings is 2. The summed E-state index contributed by atoms with van der Waals surface area (Å²) in [6, 6.07) is 15.3. The maximum absolute atomic E-state index is 12.1. The van der Waals surface area contributed by atoms with Gasteiger partial charge in [-0.05, 0) is 31.2 Å². The number of hydrogen-bond acceptors (Lipinski definition) is 3. The number of ether oxygens (including phenoxy) is 2. The third-order valence-corrected chi connectivity index (χ3v) is 3.63. The Hall–Kier alpha value is -2.53. The zero-order chi connectivity index (χ0) is 17.4. The van der Waals surface area contributed by atoms with Crippen LogP contribution >= 0.6 is 0 Å². The van der Waals surface area contributed by atoms with Crippen molar-refractivity contribution >= 4 is 11.6 Å². The number of nitrogens with one attached hydrogen (secondary N) is 2. The standard InChI is InChI=1S/C19H24N2O3/c1-15-7-9-17(10-8-15)24-12-11-21(2)14-19(22)20-16-5-4-6-18(13-16)23-3/h4-10,13H,11-12,14H2,1-3H3,(H,20,22)/p+1. The van der Waals surface area contributed by atoms with E-state index in [1.54, 1.807) is 13.2 Å². The van der Waals surface area contributed by atoms with Gasteiger partial charge in [0.05, 0.1) is 14.2 Å². The Kier molecular flexibility index (Phi) is 6.63. The molecule has 0 saturated heterocycles. The SMILES string of the molecule is COc1cccc(NC(=O)C[NH+](C)CCOc2ccc(C)cc2)c1. The molecule has 5 nitrogen and oxygen atoms in total. The topological polar surface area (TPSA) is 52.0 Å². The predicted molar refractivity (Wildman–Crippen MR) is 94.9 cm³/mol. The van der Waals surface area contributed by atoms with Gasteiger partial charge >= 0.3 is 0 Å². The van der Waals surface area contributed by atoms with Gasteiger partial charge in [0, 0.05) is 11.8 Å². The van der Waals surface area contributed by atoms with Crippen molar-refractivity contribution in [2.45, 2.75) is 6.92 Å². The number of anilines is 1. The molecule has 2 rings (SSSR count). The molecular weight excluding hydrogens is 304 g/mol. The summed E-state index contributed by atoms with van der Waals surface area (Å²) in [6.07, 6.45) is 0. The van der Waals surface area contributed by atoms with E-state index >= 15 is 0 Å². The monoisotopic (exact) mass is 329 g/mol. The fourth-order valence-corrected chi connectivity index (χ4v) is 2.25. The molecule has 0 radical (unpaired) electrons. The zero-order valence-corrected chi connectivity index (χ0v) is 14.5. The van der Waals surface area contributed by atoms with Crippen LogP contribution in [-0.2, 0) is 4.79 Å². The van der Waals surface area contributed by atoms with Crippen molar-refractivity contribution < 1.29 is 19.2 Å². The molecule has 1 atom stereocenters. The van der Waals surface area contributed by atoms with E-state index in [-0.39, 0.29) is 5.91 Å². The number of amides is 1. The Labute approximate surface area is 143 Å². The molecule has 0 bridgehead atoms. The summed E-state index contributed by atoms with van der Waals surface area (Å²) in [7, 11) is 3.58. The molecule has 2 aromatic rings. The first kappa shape index (κ1) is 17.8. The number of carbonyl (C=O) groups is 1. The third kappa shape index (κ3) is 5.93. The second kappa shape index (κ2) is 8.93. The highest BCUT2D eigenvalue weighted by Gasteiger charge is 2.10. The van der Waals surface area contributed by atoms with E-state index in [1.807, 2.05) is 56.4 Å². The van der Waals surface area contributed by atoms with Crippen molar-refractivity contribution in [1.29, 1.82) is 0 Å². The van der Waals surface area contributed by atoms with Crippen molar-refractivity contribution in [2.75, 3.05) is 39.2 Å². The van der Waals surface area contributed by atoms with E-state index in [1.165, 1.54) is 5.56 Å². The molecule has 0 aliphatic heterocycles. The number of methoxy groups -OCH3 is 1. The molecule has 0 aromatic heterocycles. The average Bonchev–Trinajstić information content (AvgIpc) is 2.56. The predicted octanol–water partition coefficient (Wildman–Crippen LogP) is 1.54. The molecule has 2 N–H and O–H groups in total. The summed E-state index contributed by atoms with van der Waals surface area (Å²) in [5, 5.41) is 2.88. The maximum atomic E-state index is 12.1. The van der Waals surface area contributed by atoms with E-state index in [0.717, 1.165) is 28.6 Å². The second-order valence-electron chi connectivity index (χ2n) is 5.83. The minimum Gasteiger partial charge on any atom is -0.497 e. The van der Waals surface area contributed by atoms with Gasteiger partial charge in [-0.1, -0.05) is 23.8 Å². The van der Waals surface area contributed by atoms with Crippen LogP contribution in [0.2, 0.25) is 0 Å². The first-order valence-electron chi connectivity index (χ1n) is 8.01. The summed E-state index contributed by atoms with van der Waals surface area (Å²) in [4.78, 5) is 13.2. The smallest absolute Gasteiger partial charge is 0.279 e. The van der Waals surface area contributed by atoms with E-state index in [9.17, 15) is 4.79 Å². The normalized spacial score (nSPS) is 11.6. The maximum Gasteiger partial charge on any atom is 0.279 e. The number of hydrogen-bond donors (Lipinski definition) is 2. The minimum absolute atomic E-state index is 0.0314. The molecule has 24 heavy (non-hydrogen) atoms. The molecule has 0 spiro atoms.